The van der Waals surface area contributed by atoms with Crippen molar-refractivity contribution in [1.82, 2.24) is 20.0 Å². The van der Waals surface area contributed by atoms with Gasteiger partial charge in [-0.1, -0.05) is 24.3 Å². The Morgan fingerprint density at radius 3 is 1.60 bits per heavy atom. The summed E-state index contributed by atoms with van der Waals surface area (Å²) in [5.74, 6) is 3.82. The van der Waals surface area contributed by atoms with E-state index in [1.165, 1.54) is 0 Å². The monoisotopic (exact) mass is 642 g/mol. The third-order valence-electron chi connectivity index (χ3n) is 7.39. The van der Waals surface area contributed by atoms with Crippen molar-refractivity contribution < 1.29 is 37.9 Å². The zero-order valence-corrected chi connectivity index (χ0v) is 27.5. The van der Waals surface area contributed by atoms with Crippen LogP contribution in [0, 0.1) is 0 Å². The molecule has 0 unspecified atom stereocenters. The standard InChI is InChI=1S/C18H20N2O4.C17H18N2O4/c1-20-15-9-12(5-7-14(15)18(19-20)23-4)13-6-8-16(24-11-21-2)17(10-13)22-3;1-20-10-23-15-7-5-12(9-16(15)21-2)11-4-6-13-14(8-11)18-19-17(13)22-3/h5-10H,11H2,1-4H3;4-9H,10H2,1-3H3,(H,18,19). The van der Waals surface area contributed by atoms with Crippen LogP contribution < -0.4 is 28.4 Å². The third-order valence-corrected chi connectivity index (χ3v) is 7.39. The van der Waals surface area contributed by atoms with Gasteiger partial charge in [0.05, 0.1) is 50.2 Å². The second-order valence-corrected chi connectivity index (χ2v) is 10.2. The summed E-state index contributed by atoms with van der Waals surface area (Å²) in [6.45, 7) is 0.353. The van der Waals surface area contributed by atoms with Gasteiger partial charge in [-0.25, -0.2) is 0 Å². The van der Waals surface area contributed by atoms with Crippen molar-refractivity contribution in [3.8, 4) is 57.0 Å². The summed E-state index contributed by atoms with van der Waals surface area (Å²) in [6.07, 6.45) is 0. The number of methoxy groups -OCH3 is 6. The zero-order chi connectivity index (χ0) is 33.3. The molecule has 0 saturated heterocycles. The molecule has 0 radical (unpaired) electrons. The van der Waals surface area contributed by atoms with E-state index in [0.29, 0.717) is 34.8 Å². The third kappa shape index (κ3) is 7.19. The van der Waals surface area contributed by atoms with E-state index in [1.54, 1.807) is 42.7 Å². The van der Waals surface area contributed by atoms with Crippen molar-refractivity contribution in [1.29, 1.82) is 0 Å². The molecule has 0 amide bonds. The molecule has 0 bridgehead atoms. The molecule has 2 aromatic heterocycles. The molecule has 0 saturated carbocycles. The maximum atomic E-state index is 5.50. The Bertz CT molecular complexity index is 1950. The zero-order valence-electron chi connectivity index (χ0n) is 27.5. The highest BCUT2D eigenvalue weighted by molar-refractivity contribution is 5.89. The summed E-state index contributed by atoms with van der Waals surface area (Å²) in [5, 5.41) is 13.4. The Labute approximate surface area is 272 Å². The van der Waals surface area contributed by atoms with E-state index in [9.17, 15) is 0 Å². The van der Waals surface area contributed by atoms with E-state index in [-0.39, 0.29) is 13.6 Å². The van der Waals surface area contributed by atoms with Crippen LogP contribution in [0.2, 0.25) is 0 Å². The molecule has 4 aromatic carbocycles. The number of nitrogens with one attached hydrogen (secondary N) is 1. The first-order chi connectivity index (χ1) is 22.9. The fourth-order valence-electron chi connectivity index (χ4n) is 5.06. The lowest BCUT2D eigenvalue weighted by Gasteiger charge is -2.12. The second kappa shape index (κ2) is 15.2. The minimum absolute atomic E-state index is 0.176. The fourth-order valence-corrected chi connectivity index (χ4v) is 5.06. The van der Waals surface area contributed by atoms with Crippen molar-refractivity contribution in [3.63, 3.8) is 0 Å². The Morgan fingerprint density at radius 1 is 0.553 bits per heavy atom. The van der Waals surface area contributed by atoms with Crippen LogP contribution in [0.15, 0.2) is 72.8 Å². The van der Waals surface area contributed by atoms with Gasteiger partial charge in [-0.2, -0.15) is 0 Å². The Morgan fingerprint density at radius 2 is 1.06 bits per heavy atom. The van der Waals surface area contributed by atoms with E-state index in [2.05, 4.69) is 21.4 Å². The molecule has 0 aliphatic heterocycles. The summed E-state index contributed by atoms with van der Waals surface area (Å²) in [7, 11) is 11.5. The molecular formula is C35H38N4O8. The molecule has 6 rings (SSSR count). The number of aromatic amines is 1. The summed E-state index contributed by atoms with van der Waals surface area (Å²) >= 11 is 0. The average Bonchev–Trinajstić information content (AvgIpc) is 3.69. The van der Waals surface area contributed by atoms with Crippen molar-refractivity contribution in [2.75, 3.05) is 56.2 Å². The lowest BCUT2D eigenvalue weighted by molar-refractivity contribution is 0.0490. The van der Waals surface area contributed by atoms with Gasteiger partial charge in [-0.05, 0) is 70.8 Å². The molecule has 2 heterocycles. The number of nitrogens with zero attached hydrogens (tertiary/aromatic N) is 3. The van der Waals surface area contributed by atoms with Crippen LogP contribution >= 0.6 is 0 Å². The van der Waals surface area contributed by atoms with Crippen LogP contribution in [0.3, 0.4) is 0 Å². The smallest absolute Gasteiger partial charge is 0.240 e. The maximum absolute atomic E-state index is 5.50. The average molecular weight is 643 g/mol. The van der Waals surface area contributed by atoms with Crippen LogP contribution in [0.25, 0.3) is 44.1 Å². The van der Waals surface area contributed by atoms with Crippen molar-refractivity contribution in [2.24, 2.45) is 7.05 Å². The van der Waals surface area contributed by atoms with Gasteiger partial charge in [0.1, 0.15) is 0 Å². The number of aromatic nitrogens is 4. The fraction of sp³-hybridized carbons (Fsp3) is 0.257. The highest BCUT2D eigenvalue weighted by Crippen LogP contribution is 2.36. The van der Waals surface area contributed by atoms with Crippen LogP contribution in [0.5, 0.6) is 34.8 Å². The van der Waals surface area contributed by atoms with Crippen molar-refractivity contribution >= 4 is 21.8 Å². The number of hydrogen-bond acceptors (Lipinski definition) is 10. The number of benzene rings is 4. The molecule has 0 aliphatic carbocycles. The SMILES string of the molecule is COCOc1ccc(-c2ccc3c(OC)n[nH]c3c2)cc1OC.COCOc1ccc(-c2ccc3c(OC)nn(C)c3c2)cc1OC. The van der Waals surface area contributed by atoms with Crippen molar-refractivity contribution in [3.05, 3.63) is 72.8 Å². The van der Waals surface area contributed by atoms with Crippen LogP contribution in [-0.4, -0.2) is 76.2 Å². The summed E-state index contributed by atoms with van der Waals surface area (Å²) in [5.41, 5.74) is 6.06. The minimum Gasteiger partial charge on any atom is -0.493 e. The highest BCUT2D eigenvalue weighted by atomic mass is 16.7. The molecule has 1 N–H and O–H groups in total. The maximum Gasteiger partial charge on any atom is 0.240 e. The van der Waals surface area contributed by atoms with Gasteiger partial charge in [0.15, 0.2) is 36.6 Å². The number of fused-ring (bicyclic) bond motifs is 2. The summed E-state index contributed by atoms with van der Waals surface area (Å²) < 4.78 is 44.0. The van der Waals surface area contributed by atoms with E-state index in [0.717, 1.165) is 44.1 Å². The Kier molecular flexibility index (Phi) is 10.7. The highest BCUT2D eigenvalue weighted by Gasteiger charge is 2.13. The number of ether oxygens (including phenoxy) is 8. The molecule has 12 heteroatoms. The molecule has 12 nitrogen and oxygen atoms in total. The first kappa shape index (κ1) is 32.9. The molecular weight excluding hydrogens is 604 g/mol. The van der Waals surface area contributed by atoms with E-state index < -0.39 is 0 Å². The van der Waals surface area contributed by atoms with E-state index in [1.807, 2.05) is 78.5 Å². The van der Waals surface area contributed by atoms with Gasteiger partial charge >= 0.3 is 0 Å². The molecule has 246 valence electrons. The number of rotatable bonds is 12. The molecule has 0 aliphatic rings. The van der Waals surface area contributed by atoms with Gasteiger partial charge in [-0.3, -0.25) is 9.78 Å². The lowest BCUT2D eigenvalue weighted by atomic mass is 10.0. The molecule has 47 heavy (non-hydrogen) atoms. The quantitative estimate of drug-likeness (QED) is 0.149. The first-order valence-electron chi connectivity index (χ1n) is 14.6. The van der Waals surface area contributed by atoms with Crippen LogP contribution in [0.4, 0.5) is 0 Å². The normalized spacial score (nSPS) is 10.8. The predicted octanol–water partition coefficient (Wildman–Crippen LogP) is 6.47. The topological polar surface area (TPSA) is 120 Å². The second-order valence-electron chi connectivity index (χ2n) is 10.2. The predicted molar refractivity (Wildman–Crippen MR) is 179 cm³/mol. The number of hydrogen-bond donors (Lipinski definition) is 1. The molecule has 0 atom stereocenters. The van der Waals surface area contributed by atoms with Gasteiger partial charge in [0, 0.05) is 21.3 Å². The summed E-state index contributed by atoms with van der Waals surface area (Å²) in [4.78, 5) is 0. The first-order valence-corrected chi connectivity index (χ1v) is 14.6. The molecule has 0 fully saturated rings. The van der Waals surface area contributed by atoms with E-state index in [4.69, 9.17) is 37.9 Å². The lowest BCUT2D eigenvalue weighted by Crippen LogP contribution is -2.00. The Balaban J connectivity index is 0.000000185. The largest absolute Gasteiger partial charge is 0.493 e. The summed E-state index contributed by atoms with van der Waals surface area (Å²) in [6, 6.07) is 23.7. The minimum atomic E-state index is 0.176. The van der Waals surface area contributed by atoms with Gasteiger partial charge in [-0.15, -0.1) is 10.2 Å². The number of aryl methyl sites for hydroxylation is 1. The van der Waals surface area contributed by atoms with E-state index >= 15 is 0 Å². The van der Waals surface area contributed by atoms with Gasteiger partial charge < -0.3 is 37.9 Å². The molecule has 0 spiro atoms. The van der Waals surface area contributed by atoms with Crippen LogP contribution in [0.1, 0.15) is 0 Å². The van der Waals surface area contributed by atoms with Gasteiger partial charge in [0.2, 0.25) is 11.8 Å². The Hall–Kier alpha value is -5.46. The number of H-pyrrole nitrogens is 1. The van der Waals surface area contributed by atoms with Crippen LogP contribution in [-0.2, 0) is 16.5 Å². The van der Waals surface area contributed by atoms with Gasteiger partial charge in [0.25, 0.3) is 0 Å². The van der Waals surface area contributed by atoms with Crippen molar-refractivity contribution in [2.45, 2.75) is 0 Å². The molecule has 6 aromatic rings.